The van der Waals surface area contributed by atoms with Gasteiger partial charge in [-0.05, 0) is 26.0 Å². The van der Waals surface area contributed by atoms with Crippen LogP contribution in [0.25, 0.3) is 10.9 Å². The zero-order valence-corrected chi connectivity index (χ0v) is 14.6. The van der Waals surface area contributed by atoms with Gasteiger partial charge in [-0.2, -0.15) is 5.10 Å². The minimum atomic E-state index is -0.0759. The smallest absolute Gasteiger partial charge is 0.272 e. The van der Waals surface area contributed by atoms with E-state index in [0.29, 0.717) is 17.8 Å². The first-order chi connectivity index (χ1) is 12.2. The highest BCUT2D eigenvalue weighted by Crippen LogP contribution is 2.28. The summed E-state index contributed by atoms with van der Waals surface area (Å²) in [5, 5.41) is 11.3. The van der Waals surface area contributed by atoms with Crippen molar-refractivity contribution < 1.29 is 4.79 Å². The Hall–Kier alpha value is -2.18. The minimum Gasteiger partial charge on any atom is -0.348 e. The molecule has 2 aliphatic heterocycles. The molecule has 3 heterocycles. The highest BCUT2D eigenvalue weighted by atomic mass is 16.2. The standard InChI is InChI=1S/C19H25N5O/c1-3-8-24-11-14-9-13(10-15(12-24)23(14)2)20-19(25)18-16-6-4-5-7-17(16)21-22-18/h3-7,13-15H,1,8-12H2,2H3,(H,20,25)(H,21,22)/t13?,14-,15+. The van der Waals surface area contributed by atoms with E-state index in [9.17, 15) is 4.79 Å². The molecule has 25 heavy (non-hydrogen) atoms. The van der Waals surface area contributed by atoms with E-state index in [0.717, 1.165) is 43.4 Å². The van der Waals surface area contributed by atoms with Crippen LogP contribution in [0.4, 0.5) is 0 Å². The molecular formula is C19H25N5O. The Morgan fingerprint density at radius 2 is 2.08 bits per heavy atom. The van der Waals surface area contributed by atoms with Gasteiger partial charge in [-0.25, -0.2) is 0 Å². The second kappa shape index (κ2) is 6.61. The van der Waals surface area contributed by atoms with Crippen LogP contribution in [0, 0.1) is 0 Å². The number of piperidine rings is 1. The summed E-state index contributed by atoms with van der Waals surface area (Å²) in [7, 11) is 2.21. The Morgan fingerprint density at radius 3 is 2.80 bits per heavy atom. The van der Waals surface area contributed by atoms with Crippen LogP contribution in [-0.2, 0) is 0 Å². The molecule has 2 fully saturated rings. The summed E-state index contributed by atoms with van der Waals surface area (Å²) in [4.78, 5) is 17.7. The van der Waals surface area contributed by atoms with E-state index in [4.69, 9.17) is 0 Å². The van der Waals surface area contributed by atoms with Crippen molar-refractivity contribution in [2.75, 3.05) is 26.7 Å². The third kappa shape index (κ3) is 3.07. The monoisotopic (exact) mass is 339 g/mol. The summed E-state index contributed by atoms with van der Waals surface area (Å²) < 4.78 is 0. The van der Waals surface area contributed by atoms with Gasteiger partial charge >= 0.3 is 0 Å². The molecule has 2 aromatic rings. The Kier molecular flexibility index (Phi) is 4.31. The number of nitrogens with zero attached hydrogens (tertiary/aromatic N) is 3. The van der Waals surface area contributed by atoms with Gasteiger partial charge in [0.05, 0.1) is 5.52 Å². The molecule has 1 amide bonds. The number of likely N-dealkylation sites (tertiary alicyclic amines) is 1. The van der Waals surface area contributed by atoms with E-state index in [1.54, 1.807) is 0 Å². The van der Waals surface area contributed by atoms with Gasteiger partial charge in [0.15, 0.2) is 5.69 Å². The van der Waals surface area contributed by atoms with Crippen molar-refractivity contribution in [2.45, 2.75) is 31.0 Å². The summed E-state index contributed by atoms with van der Waals surface area (Å²) in [5.74, 6) is -0.0759. The predicted octanol–water partition coefficient (Wildman–Crippen LogP) is 1.63. The zero-order chi connectivity index (χ0) is 17.4. The molecule has 1 aromatic heterocycles. The van der Waals surface area contributed by atoms with Crippen LogP contribution in [0.1, 0.15) is 23.3 Å². The number of amides is 1. The first-order valence-electron chi connectivity index (χ1n) is 8.95. The molecule has 1 unspecified atom stereocenters. The van der Waals surface area contributed by atoms with E-state index in [-0.39, 0.29) is 11.9 Å². The SMILES string of the molecule is C=CCN1C[C@H]2CC(NC(=O)c3n[nH]c4ccccc34)C[C@@H](C1)N2C. The molecule has 0 aliphatic carbocycles. The number of aromatic amines is 1. The van der Waals surface area contributed by atoms with Crippen LogP contribution >= 0.6 is 0 Å². The average Bonchev–Trinajstić information content (AvgIpc) is 3.01. The fourth-order valence-electron chi connectivity index (χ4n) is 4.30. The lowest BCUT2D eigenvalue weighted by Gasteiger charge is -2.50. The van der Waals surface area contributed by atoms with Crippen LogP contribution in [-0.4, -0.2) is 70.7 Å². The lowest BCUT2D eigenvalue weighted by atomic mass is 9.88. The van der Waals surface area contributed by atoms with Crippen molar-refractivity contribution in [2.24, 2.45) is 0 Å². The number of benzene rings is 1. The van der Waals surface area contributed by atoms with E-state index in [1.807, 2.05) is 30.3 Å². The molecule has 6 nitrogen and oxygen atoms in total. The number of aromatic nitrogens is 2. The van der Waals surface area contributed by atoms with Crippen molar-refractivity contribution in [3.05, 3.63) is 42.6 Å². The van der Waals surface area contributed by atoms with Gasteiger partial charge in [0.25, 0.3) is 5.91 Å². The molecule has 3 atom stereocenters. The molecule has 0 saturated carbocycles. The maximum atomic E-state index is 12.7. The van der Waals surface area contributed by atoms with Crippen LogP contribution in [0.5, 0.6) is 0 Å². The summed E-state index contributed by atoms with van der Waals surface area (Å²) >= 11 is 0. The van der Waals surface area contributed by atoms with Gasteiger partial charge in [-0.1, -0.05) is 24.3 Å². The molecule has 2 bridgehead atoms. The van der Waals surface area contributed by atoms with E-state index < -0.39 is 0 Å². The van der Waals surface area contributed by atoms with Crippen LogP contribution < -0.4 is 5.32 Å². The molecule has 132 valence electrons. The Bertz CT molecular complexity index is 769. The van der Waals surface area contributed by atoms with E-state index in [1.165, 1.54) is 0 Å². The first-order valence-corrected chi connectivity index (χ1v) is 8.95. The van der Waals surface area contributed by atoms with Gasteiger partial charge < -0.3 is 5.32 Å². The summed E-state index contributed by atoms with van der Waals surface area (Å²) in [5.41, 5.74) is 1.39. The first kappa shape index (κ1) is 16.3. The quantitative estimate of drug-likeness (QED) is 0.831. The number of nitrogens with one attached hydrogen (secondary N) is 2. The summed E-state index contributed by atoms with van der Waals surface area (Å²) in [6.45, 7) is 6.87. The van der Waals surface area contributed by atoms with E-state index in [2.05, 4.69) is 38.9 Å². The van der Waals surface area contributed by atoms with Gasteiger partial charge in [0.1, 0.15) is 0 Å². The van der Waals surface area contributed by atoms with Gasteiger partial charge in [-0.3, -0.25) is 19.7 Å². The molecule has 2 aliphatic rings. The topological polar surface area (TPSA) is 64.3 Å². The number of hydrogen-bond donors (Lipinski definition) is 2. The van der Waals surface area contributed by atoms with Crippen molar-refractivity contribution in [1.29, 1.82) is 0 Å². The Balaban J connectivity index is 1.45. The fraction of sp³-hybridized carbons (Fsp3) is 0.474. The van der Waals surface area contributed by atoms with Gasteiger partial charge in [0, 0.05) is 43.1 Å². The zero-order valence-electron chi connectivity index (χ0n) is 14.6. The molecule has 0 spiro atoms. The maximum absolute atomic E-state index is 12.7. The van der Waals surface area contributed by atoms with Crippen molar-refractivity contribution in [1.82, 2.24) is 25.3 Å². The lowest BCUT2D eigenvalue weighted by Crippen LogP contribution is -2.63. The molecule has 6 heteroatoms. The second-order valence-electron chi connectivity index (χ2n) is 7.24. The van der Waals surface area contributed by atoms with Crippen molar-refractivity contribution in [3.63, 3.8) is 0 Å². The normalized spacial score (nSPS) is 27.3. The fourth-order valence-corrected chi connectivity index (χ4v) is 4.30. The van der Waals surface area contributed by atoms with E-state index >= 15 is 0 Å². The average molecular weight is 339 g/mol. The second-order valence-corrected chi connectivity index (χ2v) is 7.24. The highest BCUT2D eigenvalue weighted by Gasteiger charge is 2.39. The molecule has 2 saturated heterocycles. The minimum absolute atomic E-state index is 0.0759. The summed E-state index contributed by atoms with van der Waals surface area (Å²) in [6, 6.07) is 8.91. The molecule has 4 rings (SSSR count). The number of H-pyrrole nitrogens is 1. The van der Waals surface area contributed by atoms with Crippen LogP contribution in [0.3, 0.4) is 0 Å². The molecule has 0 radical (unpaired) electrons. The number of likely N-dealkylation sites (N-methyl/N-ethyl adjacent to an activating group) is 1. The largest absolute Gasteiger partial charge is 0.348 e. The number of rotatable bonds is 4. The lowest BCUT2D eigenvalue weighted by molar-refractivity contribution is 0.00265. The maximum Gasteiger partial charge on any atom is 0.272 e. The molecule has 2 N–H and O–H groups in total. The Labute approximate surface area is 147 Å². The van der Waals surface area contributed by atoms with Gasteiger partial charge in [-0.15, -0.1) is 6.58 Å². The molecule has 1 aromatic carbocycles. The van der Waals surface area contributed by atoms with Gasteiger partial charge in [0.2, 0.25) is 0 Å². The summed E-state index contributed by atoms with van der Waals surface area (Å²) in [6.07, 6.45) is 3.94. The molecular weight excluding hydrogens is 314 g/mol. The third-order valence-electron chi connectivity index (χ3n) is 5.61. The third-order valence-corrected chi connectivity index (χ3v) is 5.61. The number of fused-ring (bicyclic) bond motifs is 3. The van der Waals surface area contributed by atoms with Crippen molar-refractivity contribution >= 4 is 16.8 Å². The Morgan fingerprint density at radius 1 is 1.36 bits per heavy atom. The number of para-hydroxylation sites is 1. The number of carbonyl (C=O) groups excluding carboxylic acids is 1. The van der Waals surface area contributed by atoms with Crippen LogP contribution in [0.2, 0.25) is 0 Å². The number of piperazine rings is 1. The number of carbonyl (C=O) groups is 1. The highest BCUT2D eigenvalue weighted by molar-refractivity contribution is 6.04. The number of hydrogen-bond acceptors (Lipinski definition) is 4. The predicted molar refractivity (Wildman–Crippen MR) is 98.6 cm³/mol. The van der Waals surface area contributed by atoms with Crippen LogP contribution in [0.15, 0.2) is 36.9 Å². The van der Waals surface area contributed by atoms with Crippen molar-refractivity contribution in [3.8, 4) is 0 Å².